The van der Waals surface area contributed by atoms with Crippen molar-refractivity contribution in [2.24, 2.45) is 5.41 Å². The monoisotopic (exact) mass is 382 g/mol. The van der Waals surface area contributed by atoms with Crippen molar-refractivity contribution in [2.75, 3.05) is 24.7 Å². The maximum absolute atomic E-state index is 13.2. The third-order valence-electron chi connectivity index (χ3n) is 4.76. The Bertz CT molecular complexity index is 557. The molecule has 0 aromatic heterocycles. The topological polar surface area (TPSA) is 77.9 Å². The minimum absolute atomic E-state index is 0.190. The fourth-order valence-corrected chi connectivity index (χ4v) is 4.27. The zero-order chi connectivity index (χ0) is 18.8. The first-order chi connectivity index (χ1) is 11.6. The minimum atomic E-state index is -4.94. The van der Waals surface area contributed by atoms with Gasteiger partial charge in [-0.05, 0) is 12.8 Å². The Morgan fingerprint density at radius 1 is 1.32 bits per heavy atom. The van der Waals surface area contributed by atoms with Gasteiger partial charge in [0, 0.05) is 25.3 Å². The zero-order valence-electron chi connectivity index (χ0n) is 13.8. The lowest BCUT2D eigenvalue weighted by Crippen LogP contribution is -2.51. The smallest absolute Gasteiger partial charge is 0.406 e. The van der Waals surface area contributed by atoms with Crippen molar-refractivity contribution in [1.82, 2.24) is 9.80 Å². The molecule has 0 aliphatic carbocycles. The second-order valence-corrected chi connectivity index (χ2v) is 7.38. The number of aliphatic carboxylic acids is 1. The van der Waals surface area contributed by atoms with Crippen molar-refractivity contribution in [3.63, 3.8) is 0 Å². The second kappa shape index (κ2) is 7.43. The van der Waals surface area contributed by atoms with E-state index in [1.807, 2.05) is 6.92 Å². The number of carboxylic acids is 1. The van der Waals surface area contributed by atoms with E-state index < -0.39 is 42.5 Å². The number of carbonyl (C=O) groups excluding carboxylic acids is 2. The van der Waals surface area contributed by atoms with E-state index in [0.29, 0.717) is 24.5 Å². The van der Waals surface area contributed by atoms with Crippen LogP contribution in [0.1, 0.15) is 32.6 Å². The number of carbonyl (C=O) groups is 3. The summed E-state index contributed by atoms with van der Waals surface area (Å²) in [6.45, 7) is 0.757. The molecule has 0 aromatic carbocycles. The number of unbranched alkanes of at least 4 members (excludes halogenated alkanes) is 1. The van der Waals surface area contributed by atoms with Crippen LogP contribution >= 0.6 is 11.8 Å². The Hall–Kier alpha value is -1.45. The van der Waals surface area contributed by atoms with E-state index in [9.17, 15) is 27.6 Å². The molecule has 2 amide bonds. The SMILES string of the molecule is CCCCC(=O)N1CSCC1C(=O)N1CCC(C(=O)O)(C(F)(F)F)C1. The van der Waals surface area contributed by atoms with Crippen molar-refractivity contribution < 1.29 is 32.7 Å². The van der Waals surface area contributed by atoms with Crippen LogP contribution in [0.5, 0.6) is 0 Å². The molecule has 0 aromatic rings. The number of carboxylic acid groups (broad SMARTS) is 1. The van der Waals surface area contributed by atoms with Gasteiger partial charge in [-0.3, -0.25) is 14.4 Å². The van der Waals surface area contributed by atoms with Gasteiger partial charge in [0.15, 0.2) is 5.41 Å². The number of amides is 2. The van der Waals surface area contributed by atoms with Crippen LogP contribution in [0, 0.1) is 5.41 Å². The Morgan fingerprint density at radius 2 is 2.00 bits per heavy atom. The Morgan fingerprint density at radius 3 is 2.52 bits per heavy atom. The maximum atomic E-state index is 13.2. The van der Waals surface area contributed by atoms with Crippen molar-refractivity contribution in [2.45, 2.75) is 44.8 Å². The largest absolute Gasteiger partial charge is 0.481 e. The number of hydrogen-bond acceptors (Lipinski definition) is 4. The van der Waals surface area contributed by atoms with E-state index in [2.05, 4.69) is 0 Å². The van der Waals surface area contributed by atoms with Crippen LogP contribution in [-0.2, 0) is 14.4 Å². The second-order valence-electron chi connectivity index (χ2n) is 6.38. The summed E-state index contributed by atoms with van der Waals surface area (Å²) in [5.41, 5.74) is -2.93. The molecule has 0 bridgehead atoms. The number of rotatable bonds is 5. The lowest BCUT2D eigenvalue weighted by Gasteiger charge is -2.30. The molecule has 0 saturated carbocycles. The summed E-state index contributed by atoms with van der Waals surface area (Å²) in [7, 11) is 0. The first-order valence-electron chi connectivity index (χ1n) is 8.10. The standard InChI is InChI=1S/C15H21F3N2O4S/c1-2-3-4-11(21)20-9-25-7-10(20)12(22)19-6-5-14(8-19,13(23)24)15(16,17)18/h10H,2-9H2,1H3,(H,23,24). The van der Waals surface area contributed by atoms with Gasteiger partial charge in [0.2, 0.25) is 11.8 Å². The molecule has 2 aliphatic heterocycles. The summed E-state index contributed by atoms with van der Waals surface area (Å²) >= 11 is 1.37. The third-order valence-corrected chi connectivity index (χ3v) is 5.78. The average molecular weight is 382 g/mol. The van der Waals surface area contributed by atoms with Gasteiger partial charge < -0.3 is 14.9 Å². The van der Waals surface area contributed by atoms with Crippen LogP contribution in [0.15, 0.2) is 0 Å². The van der Waals surface area contributed by atoms with Gasteiger partial charge in [-0.15, -0.1) is 11.8 Å². The fraction of sp³-hybridized carbons (Fsp3) is 0.800. The number of thioether (sulfide) groups is 1. The van der Waals surface area contributed by atoms with Crippen LogP contribution in [0.3, 0.4) is 0 Å². The van der Waals surface area contributed by atoms with Crippen LogP contribution in [0.25, 0.3) is 0 Å². The van der Waals surface area contributed by atoms with Gasteiger partial charge in [0.1, 0.15) is 6.04 Å². The molecular formula is C15H21F3N2O4S. The molecule has 6 nitrogen and oxygen atoms in total. The molecule has 2 aliphatic rings. The molecule has 2 unspecified atom stereocenters. The highest BCUT2D eigenvalue weighted by Gasteiger charge is 2.64. The van der Waals surface area contributed by atoms with Gasteiger partial charge in [-0.1, -0.05) is 13.3 Å². The quantitative estimate of drug-likeness (QED) is 0.786. The minimum Gasteiger partial charge on any atom is -0.481 e. The van der Waals surface area contributed by atoms with Crippen molar-refractivity contribution in [3.8, 4) is 0 Å². The van der Waals surface area contributed by atoms with Gasteiger partial charge >= 0.3 is 12.1 Å². The van der Waals surface area contributed by atoms with Gasteiger partial charge in [0.25, 0.3) is 0 Å². The molecular weight excluding hydrogens is 361 g/mol. The highest BCUT2D eigenvalue weighted by molar-refractivity contribution is 7.99. The molecule has 2 atom stereocenters. The Kier molecular flexibility index (Phi) is 5.90. The summed E-state index contributed by atoms with van der Waals surface area (Å²) < 4.78 is 39.7. The van der Waals surface area contributed by atoms with Crippen LogP contribution in [-0.4, -0.2) is 69.6 Å². The van der Waals surface area contributed by atoms with E-state index in [1.165, 1.54) is 16.7 Å². The molecule has 142 valence electrons. The van der Waals surface area contributed by atoms with Crippen LogP contribution < -0.4 is 0 Å². The summed E-state index contributed by atoms with van der Waals surface area (Å²) in [6.07, 6.45) is -3.80. The van der Waals surface area contributed by atoms with E-state index in [4.69, 9.17) is 5.11 Å². The normalized spacial score (nSPS) is 27.0. The number of hydrogen-bond donors (Lipinski definition) is 1. The Balaban J connectivity index is 2.10. The van der Waals surface area contributed by atoms with E-state index in [-0.39, 0.29) is 12.5 Å². The highest BCUT2D eigenvalue weighted by atomic mass is 32.2. The first kappa shape index (κ1) is 19.9. The number of nitrogens with zero attached hydrogens (tertiary/aromatic N) is 2. The molecule has 1 N–H and O–H groups in total. The van der Waals surface area contributed by atoms with Crippen molar-refractivity contribution >= 4 is 29.5 Å². The predicted octanol–water partition coefficient (Wildman–Crippen LogP) is 1.94. The maximum Gasteiger partial charge on any atom is 0.406 e. The lowest BCUT2D eigenvalue weighted by atomic mass is 9.86. The molecule has 0 radical (unpaired) electrons. The van der Waals surface area contributed by atoms with E-state index in [0.717, 1.165) is 11.3 Å². The van der Waals surface area contributed by atoms with Gasteiger partial charge in [-0.2, -0.15) is 13.2 Å². The van der Waals surface area contributed by atoms with Crippen LogP contribution in [0.4, 0.5) is 13.2 Å². The first-order valence-corrected chi connectivity index (χ1v) is 9.25. The average Bonchev–Trinajstić information content (AvgIpc) is 3.18. The van der Waals surface area contributed by atoms with Gasteiger partial charge in [0.05, 0.1) is 5.88 Å². The summed E-state index contributed by atoms with van der Waals surface area (Å²) in [5, 5.41) is 9.07. The van der Waals surface area contributed by atoms with Gasteiger partial charge in [-0.25, -0.2) is 0 Å². The summed E-state index contributed by atoms with van der Waals surface area (Å²) in [5.74, 6) is -2.10. The zero-order valence-corrected chi connectivity index (χ0v) is 14.7. The number of alkyl halides is 3. The molecule has 2 saturated heterocycles. The molecule has 0 spiro atoms. The fourth-order valence-electron chi connectivity index (χ4n) is 3.10. The lowest BCUT2D eigenvalue weighted by molar-refractivity contribution is -0.227. The van der Waals surface area contributed by atoms with E-state index in [1.54, 1.807) is 0 Å². The Labute approximate surface area is 147 Å². The summed E-state index contributed by atoms with van der Waals surface area (Å²) in [4.78, 5) is 38.4. The molecule has 2 fully saturated rings. The third kappa shape index (κ3) is 3.73. The predicted molar refractivity (Wildman–Crippen MR) is 84.8 cm³/mol. The molecule has 2 rings (SSSR count). The highest BCUT2D eigenvalue weighted by Crippen LogP contribution is 2.46. The number of likely N-dealkylation sites (tertiary alicyclic amines) is 1. The summed E-state index contributed by atoms with van der Waals surface area (Å²) in [6, 6.07) is -0.813. The van der Waals surface area contributed by atoms with Crippen molar-refractivity contribution in [3.05, 3.63) is 0 Å². The van der Waals surface area contributed by atoms with Crippen molar-refractivity contribution in [1.29, 1.82) is 0 Å². The number of halogens is 3. The van der Waals surface area contributed by atoms with E-state index >= 15 is 0 Å². The molecule has 10 heteroatoms. The van der Waals surface area contributed by atoms with Crippen LogP contribution in [0.2, 0.25) is 0 Å². The molecule has 2 heterocycles. The molecule has 25 heavy (non-hydrogen) atoms.